The first kappa shape index (κ1) is 12.9. The van der Waals surface area contributed by atoms with Crippen molar-refractivity contribution < 1.29 is 4.42 Å². The molecule has 106 valence electrons. The fourth-order valence-corrected chi connectivity index (χ4v) is 3.37. The summed E-state index contributed by atoms with van der Waals surface area (Å²) in [5.74, 6) is 1.54. The molecule has 2 heterocycles. The summed E-state index contributed by atoms with van der Waals surface area (Å²) in [6.07, 6.45) is 6.67. The van der Waals surface area contributed by atoms with Crippen LogP contribution in [0.3, 0.4) is 0 Å². The standard InChI is InChI=1S/C14H24N4O/c1-10(2)15-9-13-16-17-14(19-13)18-8-7-11-5-3-4-6-12(11)18/h10-12,15H,3-9H2,1-2H3. The average molecular weight is 264 g/mol. The smallest absolute Gasteiger partial charge is 0.318 e. The molecule has 2 unspecified atom stereocenters. The first-order chi connectivity index (χ1) is 9.24. The van der Waals surface area contributed by atoms with Gasteiger partial charge in [-0.1, -0.05) is 31.8 Å². The highest BCUT2D eigenvalue weighted by molar-refractivity contribution is 5.30. The van der Waals surface area contributed by atoms with Crippen molar-refractivity contribution in [2.75, 3.05) is 11.4 Å². The summed E-state index contributed by atoms with van der Waals surface area (Å²) in [5, 5.41) is 11.7. The number of hydrogen-bond donors (Lipinski definition) is 1. The molecule has 19 heavy (non-hydrogen) atoms. The molecule has 2 fully saturated rings. The van der Waals surface area contributed by atoms with E-state index in [0.29, 0.717) is 24.5 Å². The molecule has 0 aromatic carbocycles. The SMILES string of the molecule is CC(C)NCc1nnc(N2CCC3CCCCC32)o1. The van der Waals surface area contributed by atoms with Gasteiger partial charge in [0.1, 0.15) is 0 Å². The Bertz CT molecular complexity index is 417. The van der Waals surface area contributed by atoms with Crippen molar-refractivity contribution in [3.63, 3.8) is 0 Å². The Morgan fingerprint density at radius 2 is 2.11 bits per heavy atom. The van der Waals surface area contributed by atoms with Crippen LogP contribution in [-0.4, -0.2) is 28.8 Å². The zero-order valence-corrected chi connectivity index (χ0v) is 11.9. The number of aromatic nitrogens is 2. The van der Waals surface area contributed by atoms with Crippen molar-refractivity contribution in [3.8, 4) is 0 Å². The van der Waals surface area contributed by atoms with Crippen molar-refractivity contribution in [2.45, 2.75) is 64.6 Å². The van der Waals surface area contributed by atoms with Crippen LogP contribution in [-0.2, 0) is 6.54 Å². The van der Waals surface area contributed by atoms with Crippen LogP contribution in [0.15, 0.2) is 4.42 Å². The lowest BCUT2D eigenvalue weighted by molar-refractivity contribution is 0.333. The average Bonchev–Trinajstić information content (AvgIpc) is 3.02. The molecule has 1 aromatic heterocycles. The van der Waals surface area contributed by atoms with Crippen LogP contribution in [0.2, 0.25) is 0 Å². The highest BCUT2D eigenvalue weighted by Crippen LogP contribution is 2.38. The number of fused-ring (bicyclic) bond motifs is 1. The minimum Gasteiger partial charge on any atom is -0.407 e. The Kier molecular flexibility index (Phi) is 3.73. The van der Waals surface area contributed by atoms with Gasteiger partial charge in [-0.05, 0) is 25.2 Å². The van der Waals surface area contributed by atoms with Crippen LogP contribution in [0.25, 0.3) is 0 Å². The summed E-state index contributed by atoms with van der Waals surface area (Å²) >= 11 is 0. The van der Waals surface area contributed by atoms with Gasteiger partial charge in [-0.3, -0.25) is 0 Å². The fraction of sp³-hybridized carbons (Fsp3) is 0.857. The van der Waals surface area contributed by atoms with Crippen LogP contribution in [0.4, 0.5) is 6.01 Å². The summed E-state index contributed by atoms with van der Waals surface area (Å²) in [7, 11) is 0. The number of nitrogens with one attached hydrogen (secondary N) is 1. The van der Waals surface area contributed by atoms with E-state index in [0.717, 1.165) is 18.5 Å². The third-order valence-corrected chi connectivity index (χ3v) is 4.37. The second-order valence-corrected chi connectivity index (χ2v) is 6.11. The largest absolute Gasteiger partial charge is 0.407 e. The predicted molar refractivity (Wildman–Crippen MR) is 74.0 cm³/mol. The molecule has 0 amide bonds. The fourth-order valence-electron chi connectivity index (χ4n) is 3.37. The Labute approximate surface area is 114 Å². The van der Waals surface area contributed by atoms with Crippen molar-refractivity contribution in [2.24, 2.45) is 5.92 Å². The van der Waals surface area contributed by atoms with E-state index in [9.17, 15) is 0 Å². The number of rotatable bonds is 4. The molecular formula is C14H24N4O. The van der Waals surface area contributed by atoms with Gasteiger partial charge in [0.25, 0.3) is 0 Å². The molecule has 3 rings (SSSR count). The van der Waals surface area contributed by atoms with Gasteiger partial charge in [0.2, 0.25) is 5.89 Å². The zero-order chi connectivity index (χ0) is 13.2. The van der Waals surface area contributed by atoms with E-state index in [-0.39, 0.29) is 0 Å². The molecule has 0 bridgehead atoms. The van der Waals surface area contributed by atoms with Crippen molar-refractivity contribution >= 4 is 6.01 Å². The maximum Gasteiger partial charge on any atom is 0.318 e. The Morgan fingerprint density at radius 1 is 1.26 bits per heavy atom. The Hall–Kier alpha value is -1.10. The summed E-state index contributed by atoms with van der Waals surface area (Å²) in [6, 6.07) is 1.81. The third kappa shape index (κ3) is 2.76. The number of anilines is 1. The molecule has 2 aliphatic rings. The monoisotopic (exact) mass is 264 g/mol. The molecule has 1 N–H and O–H groups in total. The maximum absolute atomic E-state index is 5.81. The van der Waals surface area contributed by atoms with E-state index in [2.05, 4.69) is 34.3 Å². The van der Waals surface area contributed by atoms with Gasteiger partial charge in [0, 0.05) is 18.6 Å². The number of nitrogens with zero attached hydrogens (tertiary/aromatic N) is 3. The van der Waals surface area contributed by atoms with Gasteiger partial charge in [-0.25, -0.2) is 0 Å². The Balaban J connectivity index is 1.65. The van der Waals surface area contributed by atoms with Crippen molar-refractivity contribution in [3.05, 3.63) is 5.89 Å². The van der Waals surface area contributed by atoms with Gasteiger partial charge >= 0.3 is 6.01 Å². The molecule has 0 radical (unpaired) electrons. The van der Waals surface area contributed by atoms with E-state index in [1.807, 2.05) is 0 Å². The topological polar surface area (TPSA) is 54.2 Å². The van der Waals surface area contributed by atoms with Gasteiger partial charge in [0.15, 0.2) is 0 Å². The summed E-state index contributed by atoms with van der Waals surface area (Å²) in [6.45, 7) is 5.97. The van der Waals surface area contributed by atoms with Crippen LogP contribution in [0, 0.1) is 5.92 Å². The van der Waals surface area contributed by atoms with Crippen LogP contribution in [0.5, 0.6) is 0 Å². The van der Waals surface area contributed by atoms with Crippen LogP contribution in [0.1, 0.15) is 51.8 Å². The zero-order valence-electron chi connectivity index (χ0n) is 11.9. The minimum atomic E-state index is 0.435. The summed E-state index contributed by atoms with van der Waals surface area (Å²) in [5.41, 5.74) is 0. The summed E-state index contributed by atoms with van der Waals surface area (Å²) in [4.78, 5) is 2.34. The summed E-state index contributed by atoms with van der Waals surface area (Å²) < 4.78 is 5.81. The lowest BCUT2D eigenvalue weighted by Crippen LogP contribution is -2.34. The van der Waals surface area contributed by atoms with Gasteiger partial charge in [-0.15, -0.1) is 5.10 Å². The third-order valence-electron chi connectivity index (χ3n) is 4.37. The molecule has 1 aromatic rings. The maximum atomic E-state index is 5.81. The lowest BCUT2D eigenvalue weighted by atomic mass is 9.85. The first-order valence-corrected chi connectivity index (χ1v) is 7.56. The second-order valence-electron chi connectivity index (χ2n) is 6.11. The quantitative estimate of drug-likeness (QED) is 0.904. The first-order valence-electron chi connectivity index (χ1n) is 7.56. The minimum absolute atomic E-state index is 0.435. The number of hydrogen-bond acceptors (Lipinski definition) is 5. The molecular weight excluding hydrogens is 240 g/mol. The van der Waals surface area contributed by atoms with E-state index in [1.165, 1.54) is 32.1 Å². The van der Waals surface area contributed by atoms with Crippen LogP contribution < -0.4 is 10.2 Å². The van der Waals surface area contributed by atoms with E-state index in [4.69, 9.17) is 4.42 Å². The van der Waals surface area contributed by atoms with E-state index in [1.54, 1.807) is 0 Å². The Morgan fingerprint density at radius 3 is 2.95 bits per heavy atom. The van der Waals surface area contributed by atoms with Crippen molar-refractivity contribution in [1.82, 2.24) is 15.5 Å². The lowest BCUT2D eigenvalue weighted by Gasteiger charge is -2.30. The van der Waals surface area contributed by atoms with Crippen LogP contribution >= 0.6 is 0 Å². The normalized spacial score (nSPS) is 27.0. The molecule has 2 atom stereocenters. The van der Waals surface area contributed by atoms with Crippen molar-refractivity contribution in [1.29, 1.82) is 0 Å². The predicted octanol–water partition coefficient (Wildman–Crippen LogP) is 2.34. The molecule has 1 aliphatic heterocycles. The molecule has 1 saturated heterocycles. The van der Waals surface area contributed by atoms with E-state index >= 15 is 0 Å². The second kappa shape index (κ2) is 5.49. The molecule has 1 saturated carbocycles. The molecule has 5 heteroatoms. The van der Waals surface area contributed by atoms with Gasteiger partial charge in [-0.2, -0.15) is 0 Å². The van der Waals surface area contributed by atoms with Gasteiger partial charge < -0.3 is 14.6 Å². The molecule has 1 aliphatic carbocycles. The molecule has 0 spiro atoms. The molecule has 5 nitrogen and oxygen atoms in total. The highest BCUT2D eigenvalue weighted by atomic mass is 16.4. The highest BCUT2D eigenvalue weighted by Gasteiger charge is 2.37. The van der Waals surface area contributed by atoms with Gasteiger partial charge in [0.05, 0.1) is 6.54 Å². The van der Waals surface area contributed by atoms with E-state index < -0.39 is 0 Å².